The third kappa shape index (κ3) is 4.74. The Balaban J connectivity index is 1.77. The van der Waals surface area contributed by atoms with Gasteiger partial charge in [0.1, 0.15) is 12.0 Å². The Hall–Kier alpha value is -2.51. The number of anilines is 1. The first kappa shape index (κ1) is 21.2. The highest BCUT2D eigenvalue weighted by Gasteiger charge is 2.47. The SMILES string of the molecule is COC(=O)C1(C)CN(CC(=O)Nc2ccc(SC)cc2)N=C1c1ccc(Cl)cc1. The molecule has 1 atom stereocenters. The van der Waals surface area contributed by atoms with Gasteiger partial charge < -0.3 is 10.1 Å². The van der Waals surface area contributed by atoms with E-state index in [1.807, 2.05) is 30.5 Å². The van der Waals surface area contributed by atoms with Crippen LogP contribution >= 0.6 is 23.4 Å². The molecule has 0 radical (unpaired) electrons. The van der Waals surface area contributed by atoms with Crippen LogP contribution in [0.2, 0.25) is 5.02 Å². The van der Waals surface area contributed by atoms with Crippen LogP contribution < -0.4 is 5.32 Å². The standard InChI is InChI=1S/C21H22ClN3O3S/c1-21(20(27)28-2)13-25(24-19(21)14-4-6-15(22)7-5-14)12-18(26)23-16-8-10-17(29-3)11-9-16/h4-11H,12-13H2,1-3H3,(H,23,26). The van der Waals surface area contributed by atoms with Crippen LogP contribution in [0.1, 0.15) is 12.5 Å². The van der Waals surface area contributed by atoms with Crippen molar-refractivity contribution in [3.05, 3.63) is 59.1 Å². The lowest BCUT2D eigenvalue weighted by Crippen LogP contribution is -2.41. The normalized spacial score (nSPS) is 18.3. The van der Waals surface area contributed by atoms with E-state index in [9.17, 15) is 9.59 Å². The van der Waals surface area contributed by atoms with Crippen LogP contribution in [0.5, 0.6) is 0 Å². The zero-order valence-corrected chi connectivity index (χ0v) is 18.0. The molecule has 0 saturated carbocycles. The zero-order chi connectivity index (χ0) is 21.0. The molecule has 1 aliphatic heterocycles. The van der Waals surface area contributed by atoms with Gasteiger partial charge in [0.25, 0.3) is 0 Å². The molecule has 1 N–H and O–H groups in total. The first-order valence-corrected chi connectivity index (χ1v) is 10.6. The molecule has 3 rings (SSSR count). The third-order valence-corrected chi connectivity index (χ3v) is 5.71. The second-order valence-corrected chi connectivity index (χ2v) is 8.19. The Kier molecular flexibility index (Phi) is 6.49. The van der Waals surface area contributed by atoms with E-state index < -0.39 is 11.4 Å². The van der Waals surface area contributed by atoms with Crippen molar-refractivity contribution in [2.45, 2.75) is 11.8 Å². The minimum atomic E-state index is -0.983. The molecular weight excluding hydrogens is 410 g/mol. The number of amides is 1. The van der Waals surface area contributed by atoms with Crippen molar-refractivity contribution in [3.63, 3.8) is 0 Å². The highest BCUT2D eigenvalue weighted by atomic mass is 35.5. The molecule has 0 fully saturated rings. The number of thioether (sulfide) groups is 1. The van der Waals surface area contributed by atoms with Crippen molar-refractivity contribution in [3.8, 4) is 0 Å². The Bertz CT molecular complexity index is 931. The van der Waals surface area contributed by atoms with Gasteiger partial charge in [0.15, 0.2) is 0 Å². The number of hydrogen-bond donors (Lipinski definition) is 1. The van der Waals surface area contributed by atoms with Crippen molar-refractivity contribution in [2.75, 3.05) is 31.8 Å². The summed E-state index contributed by atoms with van der Waals surface area (Å²) in [6.45, 7) is 2.04. The minimum absolute atomic E-state index is 0.0218. The fourth-order valence-electron chi connectivity index (χ4n) is 3.23. The lowest BCUT2D eigenvalue weighted by molar-refractivity contribution is -0.148. The number of nitrogens with zero attached hydrogens (tertiary/aromatic N) is 2. The molecule has 8 heteroatoms. The van der Waals surface area contributed by atoms with Crippen LogP contribution in [-0.2, 0) is 14.3 Å². The topological polar surface area (TPSA) is 71.0 Å². The summed E-state index contributed by atoms with van der Waals surface area (Å²) in [6, 6.07) is 14.7. The van der Waals surface area contributed by atoms with E-state index in [4.69, 9.17) is 16.3 Å². The van der Waals surface area contributed by atoms with E-state index in [1.165, 1.54) is 7.11 Å². The summed E-state index contributed by atoms with van der Waals surface area (Å²) < 4.78 is 5.01. The summed E-state index contributed by atoms with van der Waals surface area (Å²) in [6.07, 6.45) is 2.00. The fourth-order valence-corrected chi connectivity index (χ4v) is 3.76. The highest BCUT2D eigenvalue weighted by Crippen LogP contribution is 2.33. The van der Waals surface area contributed by atoms with Gasteiger partial charge >= 0.3 is 5.97 Å². The van der Waals surface area contributed by atoms with Gasteiger partial charge in [-0.15, -0.1) is 11.8 Å². The van der Waals surface area contributed by atoms with Gasteiger partial charge in [-0.2, -0.15) is 5.10 Å². The molecule has 1 unspecified atom stereocenters. The van der Waals surface area contributed by atoms with Crippen LogP contribution in [0.4, 0.5) is 5.69 Å². The first-order valence-electron chi connectivity index (χ1n) is 8.98. The first-order chi connectivity index (χ1) is 13.9. The van der Waals surface area contributed by atoms with Crippen molar-refractivity contribution in [1.82, 2.24) is 5.01 Å². The molecule has 2 aromatic carbocycles. The maximum atomic E-state index is 12.5. The number of benzene rings is 2. The number of halogens is 1. The smallest absolute Gasteiger partial charge is 0.319 e. The number of ether oxygens (including phenoxy) is 1. The second-order valence-electron chi connectivity index (χ2n) is 6.88. The van der Waals surface area contributed by atoms with Crippen LogP contribution in [-0.4, -0.2) is 49.1 Å². The molecule has 0 aliphatic carbocycles. The average Bonchev–Trinajstić information content (AvgIpc) is 3.05. The molecule has 0 bridgehead atoms. The Morgan fingerprint density at radius 3 is 2.45 bits per heavy atom. The van der Waals surface area contributed by atoms with Crippen molar-refractivity contribution in [1.29, 1.82) is 0 Å². The van der Waals surface area contributed by atoms with Crippen molar-refractivity contribution >= 4 is 46.6 Å². The molecule has 0 saturated heterocycles. The molecular formula is C21H22ClN3O3S. The van der Waals surface area contributed by atoms with E-state index in [2.05, 4.69) is 10.4 Å². The van der Waals surface area contributed by atoms with Gasteiger partial charge in [0.05, 0.1) is 19.4 Å². The lowest BCUT2D eigenvalue weighted by atomic mass is 9.82. The molecule has 29 heavy (non-hydrogen) atoms. The lowest BCUT2D eigenvalue weighted by Gasteiger charge is -2.23. The fraction of sp³-hybridized carbons (Fsp3) is 0.286. The average molecular weight is 432 g/mol. The number of rotatable bonds is 6. The van der Waals surface area contributed by atoms with E-state index >= 15 is 0 Å². The summed E-state index contributed by atoms with van der Waals surface area (Å²) in [5.74, 6) is -0.614. The summed E-state index contributed by atoms with van der Waals surface area (Å²) >= 11 is 7.61. The molecule has 0 spiro atoms. The maximum Gasteiger partial charge on any atom is 0.319 e. The predicted octanol–water partition coefficient (Wildman–Crippen LogP) is 3.90. The molecule has 152 valence electrons. The van der Waals surface area contributed by atoms with E-state index in [0.29, 0.717) is 16.4 Å². The quantitative estimate of drug-likeness (QED) is 0.554. The number of hydrazone groups is 1. The van der Waals surface area contributed by atoms with Gasteiger partial charge in [0, 0.05) is 15.6 Å². The van der Waals surface area contributed by atoms with Gasteiger partial charge in [-0.3, -0.25) is 14.6 Å². The summed E-state index contributed by atoms with van der Waals surface area (Å²) in [7, 11) is 1.35. The zero-order valence-electron chi connectivity index (χ0n) is 16.4. The third-order valence-electron chi connectivity index (χ3n) is 4.72. The predicted molar refractivity (Wildman–Crippen MR) is 117 cm³/mol. The molecule has 1 heterocycles. The van der Waals surface area contributed by atoms with Gasteiger partial charge in [-0.1, -0.05) is 23.7 Å². The van der Waals surface area contributed by atoms with Gasteiger partial charge in [-0.05, 0) is 55.1 Å². The molecule has 0 aromatic heterocycles. The molecule has 1 aliphatic rings. The van der Waals surface area contributed by atoms with Crippen LogP contribution in [0.25, 0.3) is 0 Å². The Labute approximate surface area is 179 Å². The largest absolute Gasteiger partial charge is 0.468 e. The van der Waals surface area contributed by atoms with Crippen LogP contribution in [0.3, 0.4) is 0 Å². The van der Waals surface area contributed by atoms with Crippen molar-refractivity contribution < 1.29 is 14.3 Å². The van der Waals surface area contributed by atoms with E-state index in [0.717, 1.165) is 10.5 Å². The summed E-state index contributed by atoms with van der Waals surface area (Å²) in [5.41, 5.74) is 1.05. The monoisotopic (exact) mass is 431 g/mol. The van der Waals surface area contributed by atoms with Gasteiger partial charge in [-0.25, -0.2) is 0 Å². The van der Waals surface area contributed by atoms with Crippen LogP contribution in [0.15, 0.2) is 58.5 Å². The molecule has 6 nitrogen and oxygen atoms in total. The number of hydrogen-bond acceptors (Lipinski definition) is 6. The second kappa shape index (κ2) is 8.88. The number of nitrogens with one attached hydrogen (secondary N) is 1. The highest BCUT2D eigenvalue weighted by molar-refractivity contribution is 7.98. The van der Waals surface area contributed by atoms with Crippen LogP contribution in [0, 0.1) is 5.41 Å². The summed E-state index contributed by atoms with van der Waals surface area (Å²) in [4.78, 5) is 26.1. The minimum Gasteiger partial charge on any atom is -0.468 e. The van der Waals surface area contributed by atoms with E-state index in [1.54, 1.807) is 48.0 Å². The van der Waals surface area contributed by atoms with Gasteiger partial charge in [0.2, 0.25) is 5.91 Å². The van der Waals surface area contributed by atoms with Crippen molar-refractivity contribution in [2.24, 2.45) is 10.5 Å². The Morgan fingerprint density at radius 1 is 1.21 bits per heavy atom. The molecule has 2 aromatic rings. The number of esters is 1. The maximum absolute atomic E-state index is 12.5. The summed E-state index contributed by atoms with van der Waals surface area (Å²) in [5, 5.41) is 9.60. The number of methoxy groups -OCH3 is 1. The number of carbonyl (C=O) groups excluding carboxylic acids is 2. The molecule has 1 amide bonds. The van der Waals surface area contributed by atoms with E-state index in [-0.39, 0.29) is 19.0 Å². The number of carbonyl (C=O) groups is 2. The Morgan fingerprint density at radius 2 is 1.86 bits per heavy atom.